The van der Waals surface area contributed by atoms with Crippen LogP contribution in [0.15, 0.2) is 17.0 Å². The van der Waals surface area contributed by atoms with Gasteiger partial charge < -0.3 is 15.1 Å². The van der Waals surface area contributed by atoms with E-state index < -0.39 is 0 Å². The van der Waals surface area contributed by atoms with Gasteiger partial charge in [-0.25, -0.2) is 0 Å². The van der Waals surface area contributed by atoms with Crippen LogP contribution in [0.2, 0.25) is 0 Å². The van der Waals surface area contributed by atoms with Gasteiger partial charge >= 0.3 is 0 Å². The van der Waals surface area contributed by atoms with Crippen molar-refractivity contribution in [2.24, 2.45) is 10.9 Å². The lowest BCUT2D eigenvalue weighted by Crippen LogP contribution is -2.31. The van der Waals surface area contributed by atoms with Crippen LogP contribution in [0.4, 0.5) is 0 Å². The van der Waals surface area contributed by atoms with E-state index in [-0.39, 0.29) is 0 Å². The average Bonchev–Trinajstić information content (AvgIpc) is 2.41. The molecule has 1 saturated heterocycles. The van der Waals surface area contributed by atoms with Gasteiger partial charge in [-0.05, 0) is 38.3 Å². The second-order valence-corrected chi connectivity index (χ2v) is 5.52. The largest absolute Gasteiger partial charge is 0.511 e. The van der Waals surface area contributed by atoms with Crippen molar-refractivity contribution >= 4 is 5.71 Å². The molecule has 2 rings (SSSR count). The summed E-state index contributed by atoms with van der Waals surface area (Å²) in [6.07, 6.45) is 7.25. The molecule has 0 bridgehead atoms. The first-order valence-corrected chi connectivity index (χ1v) is 7.41. The predicted octanol–water partition coefficient (Wildman–Crippen LogP) is 2.74. The van der Waals surface area contributed by atoms with Crippen LogP contribution < -0.4 is 0 Å². The van der Waals surface area contributed by atoms with E-state index >= 15 is 0 Å². The van der Waals surface area contributed by atoms with Crippen LogP contribution in [0.1, 0.15) is 46.0 Å². The third-order valence-electron chi connectivity index (χ3n) is 3.55. The molecule has 0 atom stereocenters. The van der Waals surface area contributed by atoms with Crippen molar-refractivity contribution in [2.75, 3.05) is 26.2 Å². The Labute approximate surface area is 116 Å². The topological polar surface area (TPSA) is 56.1 Å². The lowest BCUT2D eigenvalue weighted by atomic mass is 10.0. The molecule has 0 aliphatic carbocycles. The third-order valence-corrected chi connectivity index (χ3v) is 3.55. The van der Waals surface area contributed by atoms with Crippen molar-refractivity contribution in [3.8, 4) is 0 Å². The Bertz CT molecular complexity index is 303. The van der Waals surface area contributed by atoms with Crippen LogP contribution >= 0.6 is 0 Å². The molecule has 2 heterocycles. The standard InChI is InChI=1S/C8H13NO.C7H15NO/c1-6(2)8-4-3-7(10)5-9-8;9-7-6-8-4-2-1-3-5-8/h5-6,10H,3-4H2,1-2H3;9H,1-7H2. The van der Waals surface area contributed by atoms with Gasteiger partial charge in [0.25, 0.3) is 0 Å². The van der Waals surface area contributed by atoms with Gasteiger partial charge in [-0.3, -0.25) is 4.99 Å². The maximum absolute atomic E-state index is 8.96. The van der Waals surface area contributed by atoms with Gasteiger partial charge in [-0.1, -0.05) is 20.3 Å². The molecule has 0 aromatic heterocycles. The fraction of sp³-hybridized carbons (Fsp3) is 0.800. The smallest absolute Gasteiger partial charge is 0.111 e. The molecular formula is C15H28N2O2. The van der Waals surface area contributed by atoms with E-state index in [4.69, 9.17) is 10.2 Å². The van der Waals surface area contributed by atoms with Crippen LogP contribution in [-0.4, -0.2) is 47.1 Å². The highest BCUT2D eigenvalue weighted by molar-refractivity contribution is 5.87. The summed E-state index contributed by atoms with van der Waals surface area (Å²) in [7, 11) is 0. The summed E-state index contributed by atoms with van der Waals surface area (Å²) in [6.45, 7) is 7.82. The van der Waals surface area contributed by atoms with E-state index in [0.717, 1.165) is 19.4 Å². The van der Waals surface area contributed by atoms with Gasteiger partial charge in [0.1, 0.15) is 5.76 Å². The van der Waals surface area contributed by atoms with Crippen LogP contribution in [0, 0.1) is 5.92 Å². The van der Waals surface area contributed by atoms with Gasteiger partial charge in [0, 0.05) is 18.7 Å². The highest BCUT2D eigenvalue weighted by Crippen LogP contribution is 2.14. The Balaban J connectivity index is 0.000000191. The normalized spacial score (nSPS) is 20.4. The van der Waals surface area contributed by atoms with E-state index in [1.807, 2.05) is 0 Å². The van der Waals surface area contributed by atoms with Crippen molar-refractivity contribution in [3.05, 3.63) is 12.0 Å². The Hall–Kier alpha value is -0.870. The molecule has 4 nitrogen and oxygen atoms in total. The minimum atomic E-state index is 0.319. The highest BCUT2D eigenvalue weighted by atomic mass is 16.3. The number of likely N-dealkylation sites (tertiary alicyclic amines) is 1. The third kappa shape index (κ3) is 6.73. The number of aliphatic hydroxyl groups excluding tert-OH is 2. The molecule has 2 aliphatic heterocycles. The summed E-state index contributed by atoms with van der Waals surface area (Å²) in [6, 6.07) is 0. The Morgan fingerprint density at radius 3 is 2.37 bits per heavy atom. The maximum Gasteiger partial charge on any atom is 0.111 e. The van der Waals surface area contributed by atoms with Crippen molar-refractivity contribution in [3.63, 3.8) is 0 Å². The zero-order valence-electron chi connectivity index (χ0n) is 12.3. The number of aliphatic hydroxyl groups is 2. The van der Waals surface area contributed by atoms with Crippen molar-refractivity contribution in [2.45, 2.75) is 46.0 Å². The van der Waals surface area contributed by atoms with Crippen LogP contribution in [0.5, 0.6) is 0 Å². The second kappa shape index (κ2) is 9.10. The number of piperidine rings is 1. The summed E-state index contributed by atoms with van der Waals surface area (Å²) in [5.74, 6) is 0.925. The number of aliphatic imine (C=N–C) groups is 1. The Morgan fingerprint density at radius 1 is 1.21 bits per heavy atom. The van der Waals surface area contributed by atoms with Gasteiger partial charge in [-0.2, -0.15) is 0 Å². The molecule has 4 heteroatoms. The molecule has 0 unspecified atom stereocenters. The first kappa shape index (κ1) is 16.2. The van der Waals surface area contributed by atoms with E-state index in [1.54, 1.807) is 6.20 Å². The molecule has 0 spiro atoms. The number of nitrogens with zero attached hydrogens (tertiary/aromatic N) is 2. The molecule has 0 saturated carbocycles. The first-order chi connectivity index (χ1) is 9.13. The monoisotopic (exact) mass is 268 g/mol. The molecule has 0 aromatic carbocycles. The zero-order valence-corrected chi connectivity index (χ0v) is 12.3. The van der Waals surface area contributed by atoms with Crippen LogP contribution in [0.3, 0.4) is 0 Å². The highest BCUT2D eigenvalue weighted by Gasteiger charge is 2.09. The minimum Gasteiger partial charge on any atom is -0.511 e. The van der Waals surface area contributed by atoms with E-state index in [0.29, 0.717) is 18.3 Å². The fourth-order valence-corrected chi connectivity index (χ4v) is 2.30. The zero-order chi connectivity index (χ0) is 14.1. The summed E-state index contributed by atoms with van der Waals surface area (Å²) in [5, 5.41) is 17.5. The molecular weight excluding hydrogens is 240 g/mol. The maximum atomic E-state index is 8.96. The molecule has 2 aliphatic rings. The summed E-state index contributed by atoms with van der Waals surface area (Å²) >= 11 is 0. The van der Waals surface area contributed by atoms with E-state index in [9.17, 15) is 0 Å². The lowest BCUT2D eigenvalue weighted by molar-refractivity contribution is 0.173. The van der Waals surface area contributed by atoms with Crippen LogP contribution in [-0.2, 0) is 0 Å². The molecule has 0 amide bonds. The molecule has 0 aromatic rings. The molecule has 1 fully saturated rings. The van der Waals surface area contributed by atoms with E-state index in [2.05, 4.69) is 23.7 Å². The predicted molar refractivity (Wildman–Crippen MR) is 79.6 cm³/mol. The van der Waals surface area contributed by atoms with E-state index in [1.165, 1.54) is 38.1 Å². The Kier molecular flexibility index (Phi) is 7.75. The fourth-order valence-electron chi connectivity index (χ4n) is 2.30. The quantitative estimate of drug-likeness (QED) is 0.827. The molecule has 19 heavy (non-hydrogen) atoms. The van der Waals surface area contributed by atoms with Gasteiger partial charge in [-0.15, -0.1) is 0 Å². The molecule has 110 valence electrons. The lowest BCUT2D eigenvalue weighted by Gasteiger charge is -2.25. The molecule has 2 N–H and O–H groups in total. The second-order valence-electron chi connectivity index (χ2n) is 5.52. The van der Waals surface area contributed by atoms with Gasteiger partial charge in [0.05, 0.1) is 12.8 Å². The van der Waals surface area contributed by atoms with Gasteiger partial charge in [0.2, 0.25) is 0 Å². The number of β-amino-alcohol motifs (C(OH)–C–C–N with tert-alkyl or cyclic N) is 1. The first-order valence-electron chi connectivity index (χ1n) is 7.41. The molecule has 0 radical (unpaired) electrons. The summed E-state index contributed by atoms with van der Waals surface area (Å²) in [4.78, 5) is 6.44. The number of rotatable bonds is 3. The number of hydrogen-bond acceptors (Lipinski definition) is 4. The Morgan fingerprint density at radius 2 is 1.89 bits per heavy atom. The average molecular weight is 268 g/mol. The summed E-state index contributed by atoms with van der Waals surface area (Å²) < 4.78 is 0. The van der Waals surface area contributed by atoms with Crippen molar-refractivity contribution in [1.82, 2.24) is 4.90 Å². The number of allylic oxidation sites excluding steroid dienone is 1. The van der Waals surface area contributed by atoms with Crippen molar-refractivity contribution < 1.29 is 10.2 Å². The van der Waals surface area contributed by atoms with Gasteiger partial charge in [0.15, 0.2) is 0 Å². The SMILES string of the molecule is CC(C)C1=NC=C(O)CC1.OCCN1CCCCC1. The summed E-state index contributed by atoms with van der Waals surface area (Å²) in [5.41, 5.74) is 1.19. The van der Waals surface area contributed by atoms with Crippen molar-refractivity contribution in [1.29, 1.82) is 0 Å². The number of hydrogen-bond donors (Lipinski definition) is 2. The van der Waals surface area contributed by atoms with Crippen LogP contribution in [0.25, 0.3) is 0 Å². The minimum absolute atomic E-state index is 0.319.